The second kappa shape index (κ2) is 7.42. The van der Waals surface area contributed by atoms with E-state index in [1.165, 1.54) is 23.7 Å². The van der Waals surface area contributed by atoms with E-state index in [1.807, 2.05) is 0 Å². The number of benzene rings is 1. The van der Waals surface area contributed by atoms with Crippen molar-refractivity contribution >= 4 is 11.5 Å². The van der Waals surface area contributed by atoms with Gasteiger partial charge in [-0.05, 0) is 48.6 Å². The molecule has 4 N–H and O–H groups in total. The predicted molar refractivity (Wildman–Crippen MR) is 79.1 cm³/mol. The Morgan fingerprint density at radius 2 is 1.95 bits per heavy atom. The molecule has 0 fully saturated rings. The molecule has 0 saturated carbocycles. The fourth-order valence-electron chi connectivity index (χ4n) is 1.92. The number of hydrogen-bond acceptors (Lipinski definition) is 5. The maximum absolute atomic E-state index is 12.8. The monoisotopic (exact) mass is 294 g/mol. The minimum absolute atomic E-state index is 0.129. The van der Waals surface area contributed by atoms with Gasteiger partial charge in [-0.2, -0.15) is 4.37 Å². The first-order valence-electron chi connectivity index (χ1n) is 6.69. The average molecular weight is 294 g/mol. The van der Waals surface area contributed by atoms with Crippen LogP contribution in [0.5, 0.6) is 0 Å². The van der Waals surface area contributed by atoms with Gasteiger partial charge in [0.05, 0.1) is 0 Å². The van der Waals surface area contributed by atoms with Crippen LogP contribution in [0.4, 0.5) is 4.39 Å². The summed E-state index contributed by atoms with van der Waals surface area (Å²) in [6.45, 7) is 0.618. The number of hydrogen-bond donors (Lipinski definition) is 2. The topological polar surface area (TPSA) is 77.8 Å². The third kappa shape index (κ3) is 4.63. The molecule has 0 aliphatic carbocycles. The second-order valence-corrected chi connectivity index (χ2v) is 5.62. The molecule has 0 aliphatic heterocycles. The molecule has 1 unspecified atom stereocenters. The van der Waals surface area contributed by atoms with E-state index in [1.54, 1.807) is 12.1 Å². The van der Waals surface area contributed by atoms with Crippen LogP contribution in [0.25, 0.3) is 0 Å². The van der Waals surface area contributed by atoms with Crippen LogP contribution in [-0.4, -0.2) is 21.9 Å². The maximum atomic E-state index is 12.8. The molecule has 0 radical (unpaired) electrons. The van der Waals surface area contributed by atoms with E-state index in [0.29, 0.717) is 13.0 Å². The van der Waals surface area contributed by atoms with E-state index >= 15 is 0 Å². The zero-order chi connectivity index (χ0) is 14.4. The number of rotatable bonds is 7. The Hall–Kier alpha value is -1.37. The highest BCUT2D eigenvalue weighted by Crippen LogP contribution is 2.13. The van der Waals surface area contributed by atoms with E-state index < -0.39 is 0 Å². The largest absolute Gasteiger partial charge is 0.330 e. The minimum Gasteiger partial charge on any atom is -0.330 e. The molecular formula is C14H19FN4S. The molecule has 4 nitrogen and oxygen atoms in total. The van der Waals surface area contributed by atoms with Gasteiger partial charge in [-0.1, -0.05) is 12.1 Å². The molecule has 1 heterocycles. The van der Waals surface area contributed by atoms with Crippen molar-refractivity contribution in [1.82, 2.24) is 9.36 Å². The van der Waals surface area contributed by atoms with Crippen molar-refractivity contribution in [1.29, 1.82) is 0 Å². The third-order valence-electron chi connectivity index (χ3n) is 3.05. The maximum Gasteiger partial charge on any atom is 0.146 e. The second-order valence-electron chi connectivity index (χ2n) is 4.78. The first kappa shape index (κ1) is 15.0. The number of nitrogens with two attached hydrogens (primary N) is 2. The first-order chi connectivity index (χ1) is 9.67. The number of halogens is 1. The smallest absolute Gasteiger partial charge is 0.146 e. The van der Waals surface area contributed by atoms with E-state index in [2.05, 4.69) is 9.36 Å². The number of aromatic nitrogens is 2. The van der Waals surface area contributed by atoms with Crippen molar-refractivity contribution in [3.05, 3.63) is 46.5 Å². The molecule has 2 rings (SSSR count). The lowest BCUT2D eigenvalue weighted by molar-refractivity contribution is 0.574. The Kier molecular flexibility index (Phi) is 5.58. The quantitative estimate of drug-likeness (QED) is 0.817. The van der Waals surface area contributed by atoms with Crippen molar-refractivity contribution < 1.29 is 4.39 Å². The van der Waals surface area contributed by atoms with Crippen molar-refractivity contribution in [2.75, 3.05) is 6.54 Å². The first-order valence-corrected chi connectivity index (χ1v) is 7.46. The predicted octanol–water partition coefficient (Wildman–Crippen LogP) is 1.88. The van der Waals surface area contributed by atoms with Crippen LogP contribution < -0.4 is 11.5 Å². The van der Waals surface area contributed by atoms with Crippen LogP contribution in [0.2, 0.25) is 0 Å². The van der Waals surface area contributed by atoms with Crippen LogP contribution in [0, 0.1) is 5.82 Å². The van der Waals surface area contributed by atoms with Gasteiger partial charge in [0.2, 0.25) is 0 Å². The van der Waals surface area contributed by atoms with Gasteiger partial charge in [0.1, 0.15) is 16.6 Å². The van der Waals surface area contributed by atoms with Gasteiger partial charge in [-0.15, -0.1) is 0 Å². The van der Waals surface area contributed by atoms with Gasteiger partial charge in [0.15, 0.2) is 0 Å². The number of nitrogens with zero attached hydrogens (tertiary/aromatic N) is 2. The summed E-state index contributed by atoms with van der Waals surface area (Å²) in [5.41, 5.74) is 12.4. The molecule has 1 atom stereocenters. The van der Waals surface area contributed by atoms with E-state index in [0.717, 1.165) is 35.7 Å². The Bertz CT molecular complexity index is 526. The zero-order valence-electron chi connectivity index (χ0n) is 11.3. The highest BCUT2D eigenvalue weighted by Gasteiger charge is 2.08. The molecular weight excluding hydrogens is 275 g/mol. The molecule has 0 aliphatic rings. The number of aryl methyl sites for hydroxylation is 1. The molecule has 0 amide bonds. The summed E-state index contributed by atoms with van der Waals surface area (Å²) in [7, 11) is 0. The SMILES string of the molecule is NCCC(N)CCc1nc(Cc2ccc(F)cc2)ns1. The summed E-state index contributed by atoms with van der Waals surface area (Å²) in [4.78, 5) is 4.49. The van der Waals surface area contributed by atoms with Gasteiger partial charge in [0, 0.05) is 18.9 Å². The lowest BCUT2D eigenvalue weighted by Crippen LogP contribution is -2.24. The Labute approximate surface area is 122 Å². The van der Waals surface area contributed by atoms with Crippen molar-refractivity contribution in [3.8, 4) is 0 Å². The third-order valence-corrected chi connectivity index (χ3v) is 3.86. The molecule has 1 aromatic heterocycles. The highest BCUT2D eigenvalue weighted by atomic mass is 32.1. The van der Waals surface area contributed by atoms with Crippen molar-refractivity contribution in [2.24, 2.45) is 11.5 Å². The van der Waals surface area contributed by atoms with Gasteiger partial charge in [0.25, 0.3) is 0 Å². The molecule has 108 valence electrons. The summed E-state index contributed by atoms with van der Waals surface area (Å²) in [5, 5.41) is 0.995. The highest BCUT2D eigenvalue weighted by molar-refractivity contribution is 7.05. The van der Waals surface area contributed by atoms with Gasteiger partial charge < -0.3 is 11.5 Å². The van der Waals surface area contributed by atoms with Crippen LogP contribution in [0.1, 0.15) is 29.2 Å². The molecule has 0 saturated heterocycles. The summed E-state index contributed by atoms with van der Waals surface area (Å²) in [6.07, 6.45) is 3.18. The minimum atomic E-state index is -0.227. The summed E-state index contributed by atoms with van der Waals surface area (Å²) < 4.78 is 17.1. The van der Waals surface area contributed by atoms with Crippen molar-refractivity contribution in [3.63, 3.8) is 0 Å². The van der Waals surface area contributed by atoms with E-state index in [4.69, 9.17) is 11.5 Å². The van der Waals surface area contributed by atoms with Crippen LogP contribution >= 0.6 is 11.5 Å². The van der Waals surface area contributed by atoms with E-state index in [9.17, 15) is 4.39 Å². The lowest BCUT2D eigenvalue weighted by atomic mass is 10.1. The Balaban J connectivity index is 1.87. The molecule has 0 bridgehead atoms. The zero-order valence-corrected chi connectivity index (χ0v) is 12.1. The fourth-order valence-corrected chi connectivity index (χ4v) is 2.59. The van der Waals surface area contributed by atoms with Crippen LogP contribution in [0.15, 0.2) is 24.3 Å². The Morgan fingerprint density at radius 1 is 1.20 bits per heavy atom. The fraction of sp³-hybridized carbons (Fsp3) is 0.429. The lowest BCUT2D eigenvalue weighted by Gasteiger charge is -2.07. The molecule has 2 aromatic rings. The average Bonchev–Trinajstić information content (AvgIpc) is 2.87. The normalized spacial score (nSPS) is 12.6. The van der Waals surface area contributed by atoms with Crippen LogP contribution in [0.3, 0.4) is 0 Å². The van der Waals surface area contributed by atoms with Gasteiger partial charge in [-0.3, -0.25) is 0 Å². The van der Waals surface area contributed by atoms with E-state index in [-0.39, 0.29) is 11.9 Å². The summed E-state index contributed by atoms with van der Waals surface area (Å²) in [5.74, 6) is 0.554. The van der Waals surface area contributed by atoms with Crippen LogP contribution in [-0.2, 0) is 12.8 Å². The molecule has 0 spiro atoms. The van der Waals surface area contributed by atoms with Gasteiger partial charge >= 0.3 is 0 Å². The Morgan fingerprint density at radius 3 is 2.65 bits per heavy atom. The van der Waals surface area contributed by atoms with Crippen molar-refractivity contribution in [2.45, 2.75) is 31.7 Å². The molecule has 6 heteroatoms. The summed E-state index contributed by atoms with van der Waals surface area (Å²) >= 11 is 1.41. The molecule has 1 aromatic carbocycles. The standard InChI is InChI=1S/C14H19FN4S/c15-11-3-1-10(2-4-11)9-13-18-14(20-19-13)6-5-12(17)7-8-16/h1-4,12H,5-9,16-17H2. The summed E-state index contributed by atoms with van der Waals surface area (Å²) in [6, 6.07) is 6.55. The molecule has 20 heavy (non-hydrogen) atoms. The van der Waals surface area contributed by atoms with Gasteiger partial charge in [-0.25, -0.2) is 9.37 Å².